The molecule has 1 aliphatic carbocycles. The molecule has 2 heterocycles. The van der Waals surface area contributed by atoms with E-state index < -0.39 is 0 Å². The Morgan fingerprint density at radius 3 is 2.53 bits per heavy atom. The third-order valence-electron chi connectivity index (χ3n) is 7.67. The van der Waals surface area contributed by atoms with Crippen LogP contribution < -0.4 is 10.6 Å². The highest BCUT2D eigenvalue weighted by Crippen LogP contribution is 2.38. The molecule has 1 saturated carbocycles. The highest BCUT2D eigenvalue weighted by atomic mass is 79.9. The summed E-state index contributed by atoms with van der Waals surface area (Å²) in [5.74, 6) is 0.610. The highest BCUT2D eigenvalue weighted by Gasteiger charge is 2.42. The van der Waals surface area contributed by atoms with Crippen LogP contribution in [0.25, 0.3) is 0 Å². The Morgan fingerprint density at radius 1 is 1.20 bits per heavy atom. The molecule has 0 bridgehead atoms. The van der Waals surface area contributed by atoms with Gasteiger partial charge in [-0.3, -0.25) is 14.5 Å². The van der Waals surface area contributed by atoms with Crippen molar-refractivity contribution in [3.8, 4) is 0 Å². The SMILES string of the molecule is CCN(C1CCOCC1)C1CC(Br)CC(C(=O)NCC2C(=O)NC(C)CC2C)C1C. The van der Waals surface area contributed by atoms with Crippen molar-refractivity contribution >= 4 is 27.7 Å². The lowest BCUT2D eigenvalue weighted by molar-refractivity contribution is -0.132. The van der Waals surface area contributed by atoms with Gasteiger partial charge >= 0.3 is 0 Å². The van der Waals surface area contributed by atoms with Gasteiger partial charge in [-0.2, -0.15) is 0 Å². The number of hydrogen-bond donors (Lipinski definition) is 2. The maximum absolute atomic E-state index is 13.2. The van der Waals surface area contributed by atoms with Crippen LogP contribution in [0.1, 0.15) is 59.8 Å². The van der Waals surface area contributed by atoms with Crippen LogP contribution >= 0.6 is 15.9 Å². The molecular formula is C23H40BrN3O3. The predicted octanol–water partition coefficient (Wildman–Crippen LogP) is 2.94. The molecule has 2 saturated heterocycles. The molecule has 2 N–H and O–H groups in total. The van der Waals surface area contributed by atoms with E-state index in [4.69, 9.17) is 4.74 Å². The van der Waals surface area contributed by atoms with Gasteiger partial charge in [0.15, 0.2) is 0 Å². The molecule has 0 aromatic heterocycles. The van der Waals surface area contributed by atoms with Gasteiger partial charge in [-0.25, -0.2) is 0 Å². The average molecular weight is 486 g/mol. The second-order valence-corrected chi connectivity index (χ2v) is 11.0. The Balaban J connectivity index is 1.62. The van der Waals surface area contributed by atoms with Crippen molar-refractivity contribution in [3.63, 3.8) is 0 Å². The summed E-state index contributed by atoms with van der Waals surface area (Å²) in [6.07, 6.45) is 5.06. The highest BCUT2D eigenvalue weighted by molar-refractivity contribution is 9.09. The lowest BCUT2D eigenvalue weighted by atomic mass is 9.75. The van der Waals surface area contributed by atoms with E-state index in [9.17, 15) is 9.59 Å². The molecule has 7 heteroatoms. The predicted molar refractivity (Wildman–Crippen MR) is 122 cm³/mol. The zero-order chi connectivity index (χ0) is 21.8. The fraction of sp³-hybridized carbons (Fsp3) is 0.913. The Morgan fingerprint density at radius 2 is 1.90 bits per heavy atom. The molecule has 7 atom stereocenters. The quantitative estimate of drug-likeness (QED) is 0.567. The molecule has 3 rings (SSSR count). The van der Waals surface area contributed by atoms with Crippen LogP contribution in [0.5, 0.6) is 0 Å². The van der Waals surface area contributed by atoms with E-state index in [2.05, 4.69) is 52.2 Å². The van der Waals surface area contributed by atoms with Crippen molar-refractivity contribution < 1.29 is 14.3 Å². The van der Waals surface area contributed by atoms with Gasteiger partial charge in [0.05, 0.1) is 5.92 Å². The Kier molecular flexibility index (Phi) is 8.62. The molecule has 0 radical (unpaired) electrons. The topological polar surface area (TPSA) is 70.7 Å². The first-order valence-electron chi connectivity index (χ1n) is 11.9. The van der Waals surface area contributed by atoms with Gasteiger partial charge in [-0.1, -0.05) is 36.7 Å². The number of carbonyl (C=O) groups excluding carboxylic acids is 2. The maximum atomic E-state index is 13.2. The standard InChI is InChI=1S/C23H40BrN3O3/c1-5-27(18-6-8-30-9-7-18)21-12-17(24)11-19(16(21)4)22(28)25-13-20-14(2)10-15(3)26-23(20)29/h14-21H,5-13H2,1-4H3,(H,25,28)(H,26,29). The first kappa shape index (κ1) is 24.0. The normalized spacial score (nSPS) is 38.3. The van der Waals surface area contributed by atoms with Gasteiger partial charge in [-0.05, 0) is 57.4 Å². The van der Waals surface area contributed by atoms with Crippen molar-refractivity contribution in [1.29, 1.82) is 0 Å². The van der Waals surface area contributed by atoms with Gasteiger partial charge in [0, 0.05) is 48.6 Å². The molecule has 172 valence electrons. The smallest absolute Gasteiger partial charge is 0.225 e. The van der Waals surface area contributed by atoms with E-state index in [1.54, 1.807) is 0 Å². The molecule has 3 aliphatic rings. The van der Waals surface area contributed by atoms with E-state index in [0.29, 0.717) is 35.3 Å². The minimum atomic E-state index is -0.131. The summed E-state index contributed by atoms with van der Waals surface area (Å²) in [7, 11) is 0. The van der Waals surface area contributed by atoms with E-state index in [0.717, 1.165) is 51.9 Å². The van der Waals surface area contributed by atoms with Gasteiger partial charge in [-0.15, -0.1) is 0 Å². The maximum Gasteiger partial charge on any atom is 0.225 e. The number of carbonyl (C=O) groups is 2. The molecule has 2 amide bonds. The number of halogens is 1. The van der Waals surface area contributed by atoms with Crippen LogP contribution in [0, 0.1) is 23.7 Å². The fourth-order valence-electron chi connectivity index (χ4n) is 5.92. The van der Waals surface area contributed by atoms with E-state index in [1.165, 1.54) is 0 Å². The van der Waals surface area contributed by atoms with Crippen LogP contribution in [0.15, 0.2) is 0 Å². The van der Waals surface area contributed by atoms with Crippen LogP contribution in [-0.2, 0) is 14.3 Å². The number of alkyl halides is 1. The van der Waals surface area contributed by atoms with Gasteiger partial charge in [0.1, 0.15) is 0 Å². The number of ether oxygens (including phenoxy) is 1. The van der Waals surface area contributed by atoms with Gasteiger partial charge in [0.25, 0.3) is 0 Å². The van der Waals surface area contributed by atoms with E-state index >= 15 is 0 Å². The molecule has 3 fully saturated rings. The van der Waals surface area contributed by atoms with Crippen molar-refractivity contribution in [3.05, 3.63) is 0 Å². The average Bonchev–Trinajstić information content (AvgIpc) is 2.70. The minimum Gasteiger partial charge on any atom is -0.381 e. The largest absolute Gasteiger partial charge is 0.381 e. The molecule has 6 nitrogen and oxygen atoms in total. The summed E-state index contributed by atoms with van der Waals surface area (Å²) >= 11 is 3.84. The molecule has 7 unspecified atom stereocenters. The summed E-state index contributed by atoms with van der Waals surface area (Å²) in [6, 6.07) is 1.16. The number of rotatable bonds is 6. The first-order valence-corrected chi connectivity index (χ1v) is 12.8. The fourth-order valence-corrected chi connectivity index (χ4v) is 6.71. The Bertz CT molecular complexity index is 598. The van der Waals surface area contributed by atoms with Gasteiger partial charge in [0.2, 0.25) is 11.8 Å². The molecule has 0 aromatic rings. The number of hydrogen-bond acceptors (Lipinski definition) is 4. The van der Waals surface area contributed by atoms with Crippen LogP contribution in [0.3, 0.4) is 0 Å². The minimum absolute atomic E-state index is 0.0251. The number of nitrogens with zero attached hydrogens (tertiary/aromatic N) is 1. The third-order valence-corrected chi connectivity index (χ3v) is 8.42. The summed E-state index contributed by atoms with van der Waals surface area (Å²) in [6.45, 7) is 11.8. The van der Waals surface area contributed by atoms with Crippen LogP contribution in [0.4, 0.5) is 0 Å². The third kappa shape index (κ3) is 5.57. The molecule has 2 aliphatic heterocycles. The molecule has 0 aromatic carbocycles. The van der Waals surface area contributed by atoms with Crippen molar-refractivity contribution in [2.24, 2.45) is 23.7 Å². The second-order valence-electron chi connectivity index (χ2n) is 9.75. The van der Waals surface area contributed by atoms with Crippen LogP contribution in [0.2, 0.25) is 0 Å². The van der Waals surface area contributed by atoms with Crippen LogP contribution in [-0.4, -0.2) is 66.0 Å². The zero-order valence-corrected chi connectivity index (χ0v) is 20.6. The Hall–Kier alpha value is -0.660. The monoisotopic (exact) mass is 485 g/mol. The first-order chi connectivity index (χ1) is 14.3. The van der Waals surface area contributed by atoms with Crippen molar-refractivity contribution in [1.82, 2.24) is 15.5 Å². The summed E-state index contributed by atoms with van der Waals surface area (Å²) in [4.78, 5) is 28.6. The summed E-state index contributed by atoms with van der Waals surface area (Å²) in [5.41, 5.74) is 0. The molecule has 30 heavy (non-hydrogen) atoms. The lowest BCUT2D eigenvalue weighted by Gasteiger charge is -2.47. The number of nitrogens with one attached hydrogen (secondary N) is 2. The molecular weight excluding hydrogens is 446 g/mol. The number of amides is 2. The van der Waals surface area contributed by atoms with Crippen molar-refractivity contribution in [2.45, 2.75) is 82.8 Å². The van der Waals surface area contributed by atoms with Gasteiger partial charge < -0.3 is 15.4 Å². The summed E-state index contributed by atoms with van der Waals surface area (Å²) < 4.78 is 5.57. The second kappa shape index (κ2) is 10.8. The zero-order valence-electron chi connectivity index (χ0n) is 19.0. The lowest BCUT2D eigenvalue weighted by Crippen LogP contribution is -2.55. The Labute approximate surface area is 190 Å². The molecule has 0 spiro atoms. The van der Waals surface area contributed by atoms with E-state index in [1.807, 2.05) is 6.92 Å². The van der Waals surface area contributed by atoms with E-state index in [-0.39, 0.29) is 29.7 Å². The van der Waals surface area contributed by atoms with Crippen molar-refractivity contribution in [2.75, 3.05) is 26.3 Å². The summed E-state index contributed by atoms with van der Waals surface area (Å²) in [5, 5.41) is 6.18. The number of piperidine rings is 1.